The topological polar surface area (TPSA) is 83.6 Å². The van der Waals surface area contributed by atoms with Gasteiger partial charge in [-0.15, -0.1) is 0 Å². The molecule has 2 aliphatic rings. The molecule has 0 aromatic carbocycles. The monoisotopic (exact) mass is 254 g/mol. The zero-order valence-electron chi connectivity index (χ0n) is 10.8. The summed E-state index contributed by atoms with van der Waals surface area (Å²) < 4.78 is 0. The van der Waals surface area contributed by atoms with Crippen molar-refractivity contribution in [2.75, 3.05) is 6.54 Å². The molecule has 3 N–H and O–H groups in total. The number of hydrogen-bond donors (Lipinski definition) is 2. The van der Waals surface area contributed by atoms with Crippen LogP contribution in [-0.2, 0) is 9.59 Å². The van der Waals surface area contributed by atoms with Crippen LogP contribution in [0.15, 0.2) is 0 Å². The minimum atomic E-state index is -0.758. The molecule has 0 aromatic rings. The van der Waals surface area contributed by atoms with E-state index in [1.54, 1.807) is 0 Å². The molecular weight excluding hydrogens is 232 g/mol. The number of amides is 1. The van der Waals surface area contributed by atoms with E-state index in [1.807, 2.05) is 11.8 Å². The van der Waals surface area contributed by atoms with Crippen LogP contribution < -0.4 is 5.73 Å². The molecule has 18 heavy (non-hydrogen) atoms. The normalized spacial score (nSPS) is 31.7. The summed E-state index contributed by atoms with van der Waals surface area (Å²) >= 11 is 0. The smallest absolute Gasteiger partial charge is 0.308 e. The molecule has 2 rings (SSSR count). The van der Waals surface area contributed by atoms with Crippen LogP contribution in [0.1, 0.15) is 39.0 Å². The lowest BCUT2D eigenvalue weighted by Crippen LogP contribution is -2.39. The van der Waals surface area contributed by atoms with Crippen LogP contribution in [0.4, 0.5) is 0 Å². The molecule has 0 saturated carbocycles. The molecule has 102 valence electrons. The highest BCUT2D eigenvalue weighted by molar-refractivity contribution is 5.80. The third-order valence-electron chi connectivity index (χ3n) is 4.52. The third kappa shape index (κ3) is 2.23. The number of carbonyl (C=O) groups is 2. The van der Waals surface area contributed by atoms with Crippen LogP contribution >= 0.6 is 0 Å². The van der Waals surface area contributed by atoms with Gasteiger partial charge in [0, 0.05) is 18.5 Å². The first-order chi connectivity index (χ1) is 8.58. The van der Waals surface area contributed by atoms with E-state index in [2.05, 4.69) is 0 Å². The Morgan fingerprint density at radius 3 is 2.67 bits per heavy atom. The third-order valence-corrected chi connectivity index (χ3v) is 4.52. The van der Waals surface area contributed by atoms with Crippen LogP contribution in [0.3, 0.4) is 0 Å². The minimum absolute atomic E-state index is 0.0738. The Morgan fingerprint density at radius 2 is 2.17 bits per heavy atom. The number of nitrogens with zero attached hydrogens (tertiary/aromatic N) is 1. The highest BCUT2D eigenvalue weighted by atomic mass is 16.4. The van der Waals surface area contributed by atoms with E-state index < -0.39 is 5.97 Å². The first-order valence-electron chi connectivity index (χ1n) is 6.82. The molecule has 2 heterocycles. The molecule has 0 aliphatic carbocycles. The number of nitrogens with two attached hydrogens (primary N) is 1. The summed E-state index contributed by atoms with van der Waals surface area (Å²) in [6.07, 6.45) is 3.79. The number of fused-ring (bicyclic) bond motifs is 2. The fourth-order valence-corrected chi connectivity index (χ4v) is 3.39. The maximum atomic E-state index is 12.3. The highest BCUT2D eigenvalue weighted by Crippen LogP contribution is 2.42. The number of carboxylic acid groups (broad SMARTS) is 1. The van der Waals surface area contributed by atoms with Gasteiger partial charge in [-0.3, -0.25) is 9.59 Å². The Hall–Kier alpha value is -1.10. The zero-order valence-corrected chi connectivity index (χ0v) is 10.8. The van der Waals surface area contributed by atoms with Gasteiger partial charge in [-0.2, -0.15) is 0 Å². The van der Waals surface area contributed by atoms with Gasteiger partial charge in [0.05, 0.1) is 5.92 Å². The van der Waals surface area contributed by atoms with E-state index in [0.717, 1.165) is 19.3 Å². The molecule has 4 unspecified atom stereocenters. The van der Waals surface area contributed by atoms with Gasteiger partial charge >= 0.3 is 5.97 Å². The van der Waals surface area contributed by atoms with E-state index in [9.17, 15) is 9.59 Å². The van der Waals surface area contributed by atoms with E-state index >= 15 is 0 Å². The molecule has 1 amide bonds. The van der Waals surface area contributed by atoms with Crippen LogP contribution in [-0.4, -0.2) is 40.5 Å². The van der Waals surface area contributed by atoms with E-state index in [1.165, 1.54) is 0 Å². The number of hydrogen-bond acceptors (Lipinski definition) is 3. The number of rotatable bonds is 5. The van der Waals surface area contributed by atoms with Gasteiger partial charge in [0.25, 0.3) is 0 Å². The van der Waals surface area contributed by atoms with Gasteiger partial charge < -0.3 is 15.7 Å². The molecule has 2 bridgehead atoms. The van der Waals surface area contributed by atoms with Crippen LogP contribution in [0.2, 0.25) is 0 Å². The van der Waals surface area contributed by atoms with Crippen molar-refractivity contribution in [2.45, 2.75) is 51.1 Å². The van der Waals surface area contributed by atoms with Crippen LogP contribution in [0.5, 0.6) is 0 Å². The molecule has 0 aromatic heterocycles. The van der Waals surface area contributed by atoms with Gasteiger partial charge in [-0.1, -0.05) is 13.3 Å². The van der Waals surface area contributed by atoms with Gasteiger partial charge in [0.2, 0.25) is 5.91 Å². The average Bonchev–Trinajstić information content (AvgIpc) is 2.93. The SMILES string of the molecule is CCC(CN)CC(=O)N1C2CCC1C(C(=O)O)C2. The summed E-state index contributed by atoms with van der Waals surface area (Å²) in [5.41, 5.74) is 5.63. The second-order valence-corrected chi connectivity index (χ2v) is 5.49. The minimum Gasteiger partial charge on any atom is -0.481 e. The van der Waals surface area contributed by atoms with Crippen molar-refractivity contribution in [3.8, 4) is 0 Å². The molecular formula is C13H22N2O3. The molecule has 0 spiro atoms. The lowest BCUT2D eigenvalue weighted by atomic mass is 9.89. The molecule has 2 saturated heterocycles. The fourth-order valence-electron chi connectivity index (χ4n) is 3.39. The van der Waals surface area contributed by atoms with Gasteiger partial charge in [-0.25, -0.2) is 0 Å². The Balaban J connectivity index is 2.02. The summed E-state index contributed by atoms with van der Waals surface area (Å²) in [7, 11) is 0. The van der Waals surface area contributed by atoms with Crippen molar-refractivity contribution in [2.24, 2.45) is 17.6 Å². The zero-order chi connectivity index (χ0) is 13.3. The van der Waals surface area contributed by atoms with Crippen LogP contribution in [0.25, 0.3) is 0 Å². The molecule has 0 radical (unpaired) electrons. The summed E-state index contributed by atoms with van der Waals surface area (Å²) in [4.78, 5) is 25.3. The predicted octanol–water partition coefficient (Wildman–Crippen LogP) is 0.825. The highest BCUT2D eigenvalue weighted by Gasteiger charge is 2.51. The fraction of sp³-hybridized carbons (Fsp3) is 0.846. The molecule has 2 aliphatic heterocycles. The molecule has 2 fully saturated rings. The summed E-state index contributed by atoms with van der Waals surface area (Å²) in [6, 6.07) is 0.0779. The lowest BCUT2D eigenvalue weighted by molar-refractivity contribution is -0.143. The number of carboxylic acids is 1. The molecule has 4 atom stereocenters. The van der Waals surface area contributed by atoms with Gasteiger partial charge in [0.1, 0.15) is 0 Å². The first kappa shape index (κ1) is 13.3. The van der Waals surface area contributed by atoms with E-state index in [4.69, 9.17) is 10.8 Å². The Labute approximate surface area is 107 Å². The molecule has 5 heteroatoms. The van der Waals surface area contributed by atoms with E-state index in [-0.39, 0.29) is 29.8 Å². The number of aliphatic carboxylic acids is 1. The summed E-state index contributed by atoms with van der Waals surface area (Å²) in [6.45, 7) is 2.55. The van der Waals surface area contributed by atoms with E-state index in [0.29, 0.717) is 19.4 Å². The van der Waals surface area contributed by atoms with Crippen molar-refractivity contribution < 1.29 is 14.7 Å². The Bertz CT molecular complexity index is 341. The quantitative estimate of drug-likeness (QED) is 0.761. The maximum absolute atomic E-state index is 12.3. The van der Waals surface area contributed by atoms with Gasteiger partial charge in [0.15, 0.2) is 0 Å². The molecule has 5 nitrogen and oxygen atoms in total. The average molecular weight is 254 g/mol. The first-order valence-corrected chi connectivity index (χ1v) is 6.82. The maximum Gasteiger partial charge on any atom is 0.308 e. The summed E-state index contributed by atoms with van der Waals surface area (Å²) in [5, 5.41) is 9.15. The lowest BCUT2D eigenvalue weighted by Gasteiger charge is -2.25. The Kier molecular flexibility index (Phi) is 3.90. The number of carbonyl (C=O) groups excluding carboxylic acids is 1. The van der Waals surface area contributed by atoms with Crippen molar-refractivity contribution in [3.05, 3.63) is 0 Å². The predicted molar refractivity (Wildman–Crippen MR) is 66.9 cm³/mol. The van der Waals surface area contributed by atoms with Crippen LogP contribution in [0, 0.1) is 11.8 Å². The van der Waals surface area contributed by atoms with Crippen molar-refractivity contribution in [1.29, 1.82) is 0 Å². The van der Waals surface area contributed by atoms with Crippen molar-refractivity contribution >= 4 is 11.9 Å². The Morgan fingerprint density at radius 1 is 1.44 bits per heavy atom. The van der Waals surface area contributed by atoms with Crippen molar-refractivity contribution in [3.63, 3.8) is 0 Å². The summed E-state index contributed by atoms with van der Waals surface area (Å²) in [5.74, 6) is -0.791. The second kappa shape index (κ2) is 5.26. The largest absolute Gasteiger partial charge is 0.481 e. The van der Waals surface area contributed by atoms with Crippen molar-refractivity contribution in [1.82, 2.24) is 4.90 Å². The van der Waals surface area contributed by atoms with Gasteiger partial charge in [-0.05, 0) is 31.7 Å². The standard InChI is InChI=1S/C13H22N2O3/c1-2-8(7-14)5-12(16)15-9-3-4-11(15)10(6-9)13(17)18/h8-11H,2-7,14H2,1H3,(H,17,18). The second-order valence-electron chi connectivity index (χ2n) is 5.49.